The van der Waals surface area contributed by atoms with Gasteiger partial charge in [0.25, 0.3) is 0 Å². The molecule has 0 saturated heterocycles. The first-order chi connectivity index (χ1) is 16.4. The molecule has 1 aliphatic carbocycles. The summed E-state index contributed by atoms with van der Waals surface area (Å²) in [6.45, 7) is 1.86. The molecule has 0 spiro atoms. The third-order valence-corrected chi connectivity index (χ3v) is 7.30. The SMILES string of the molecule is COC(=O)C1=C(C)NC2=C(C(=O)CC(c3ccc(OC)c(OC)c3)C2)C1c1ccc(SC)cc1. The molecule has 0 amide bonds. The van der Waals surface area contributed by atoms with Gasteiger partial charge in [-0.05, 0) is 60.9 Å². The van der Waals surface area contributed by atoms with Crippen LogP contribution in [-0.2, 0) is 14.3 Å². The molecular weight excluding hydrogens is 450 g/mol. The third-order valence-electron chi connectivity index (χ3n) is 6.56. The third kappa shape index (κ3) is 4.32. The maximum atomic E-state index is 13.6. The number of thioether (sulfide) groups is 1. The number of rotatable bonds is 6. The number of ether oxygens (including phenoxy) is 3. The van der Waals surface area contributed by atoms with Crippen LogP contribution >= 0.6 is 11.8 Å². The van der Waals surface area contributed by atoms with Gasteiger partial charge >= 0.3 is 5.97 Å². The summed E-state index contributed by atoms with van der Waals surface area (Å²) in [5.74, 6) is 0.426. The zero-order valence-corrected chi connectivity index (χ0v) is 20.9. The first-order valence-corrected chi connectivity index (χ1v) is 12.3. The van der Waals surface area contributed by atoms with Crippen molar-refractivity contribution in [2.45, 2.75) is 36.5 Å². The molecule has 0 aromatic heterocycles. The summed E-state index contributed by atoms with van der Waals surface area (Å²) in [6, 6.07) is 13.8. The van der Waals surface area contributed by atoms with E-state index >= 15 is 0 Å². The van der Waals surface area contributed by atoms with Gasteiger partial charge in [-0.1, -0.05) is 18.2 Å². The number of benzene rings is 2. The Kier molecular flexibility index (Phi) is 7.03. The summed E-state index contributed by atoms with van der Waals surface area (Å²) >= 11 is 1.65. The van der Waals surface area contributed by atoms with Crippen molar-refractivity contribution >= 4 is 23.5 Å². The first kappa shape index (κ1) is 24.0. The predicted octanol–water partition coefficient (Wildman–Crippen LogP) is 4.96. The van der Waals surface area contributed by atoms with Crippen LogP contribution in [0.4, 0.5) is 0 Å². The van der Waals surface area contributed by atoms with Crippen molar-refractivity contribution in [1.29, 1.82) is 0 Å². The molecule has 6 nitrogen and oxygen atoms in total. The van der Waals surface area contributed by atoms with Crippen LogP contribution in [0.3, 0.4) is 0 Å². The Bertz CT molecular complexity index is 1180. The molecular formula is C27H29NO5S. The summed E-state index contributed by atoms with van der Waals surface area (Å²) < 4.78 is 15.9. The Hall–Kier alpha value is -3.19. The second-order valence-electron chi connectivity index (χ2n) is 8.40. The molecule has 178 valence electrons. The molecule has 2 atom stereocenters. The number of dihydropyridines is 1. The fourth-order valence-corrected chi connectivity index (χ4v) is 5.30. The highest BCUT2D eigenvalue weighted by atomic mass is 32.2. The number of Topliss-reactive ketones (excluding diaryl/α,β-unsaturated/α-hetero) is 1. The van der Waals surface area contributed by atoms with Crippen molar-refractivity contribution in [3.05, 3.63) is 76.1 Å². The molecule has 2 unspecified atom stereocenters. The van der Waals surface area contributed by atoms with Crippen molar-refractivity contribution in [3.63, 3.8) is 0 Å². The van der Waals surface area contributed by atoms with Crippen LogP contribution in [0.2, 0.25) is 0 Å². The molecule has 1 aliphatic heterocycles. The minimum absolute atomic E-state index is 0.00875. The second-order valence-corrected chi connectivity index (χ2v) is 9.28. The van der Waals surface area contributed by atoms with Crippen molar-refractivity contribution < 1.29 is 23.8 Å². The van der Waals surface area contributed by atoms with Gasteiger partial charge in [0.2, 0.25) is 0 Å². The Morgan fingerprint density at radius 1 is 0.971 bits per heavy atom. The minimum atomic E-state index is -0.460. The molecule has 34 heavy (non-hydrogen) atoms. The Labute approximate surface area is 204 Å². The van der Waals surface area contributed by atoms with Crippen molar-refractivity contribution in [3.8, 4) is 11.5 Å². The van der Waals surface area contributed by atoms with Gasteiger partial charge in [-0.25, -0.2) is 4.79 Å². The van der Waals surface area contributed by atoms with Crippen LogP contribution in [-0.4, -0.2) is 39.3 Å². The summed E-state index contributed by atoms with van der Waals surface area (Å²) in [5.41, 5.74) is 4.63. The molecule has 7 heteroatoms. The lowest BCUT2D eigenvalue weighted by molar-refractivity contribution is -0.136. The van der Waals surface area contributed by atoms with Crippen LogP contribution in [0, 0.1) is 0 Å². The molecule has 1 N–H and O–H groups in total. The van der Waals surface area contributed by atoms with Crippen molar-refractivity contribution in [2.75, 3.05) is 27.6 Å². The lowest BCUT2D eigenvalue weighted by atomic mass is 9.71. The maximum absolute atomic E-state index is 13.6. The number of carbonyl (C=O) groups excluding carboxylic acids is 2. The Balaban J connectivity index is 1.77. The van der Waals surface area contributed by atoms with Gasteiger partial charge in [0.15, 0.2) is 17.3 Å². The summed E-state index contributed by atoms with van der Waals surface area (Å²) in [6.07, 6.45) is 3.02. The molecule has 0 saturated carbocycles. The quantitative estimate of drug-likeness (QED) is 0.464. The van der Waals surface area contributed by atoms with E-state index in [0.717, 1.165) is 21.7 Å². The van der Waals surface area contributed by atoms with E-state index in [9.17, 15) is 9.59 Å². The molecule has 2 aromatic rings. The zero-order valence-electron chi connectivity index (χ0n) is 20.1. The fraction of sp³-hybridized carbons (Fsp3) is 0.333. The van der Waals surface area contributed by atoms with Crippen LogP contribution in [0.15, 0.2) is 69.9 Å². The number of ketones is 1. The highest BCUT2D eigenvalue weighted by molar-refractivity contribution is 7.98. The highest BCUT2D eigenvalue weighted by Gasteiger charge is 2.41. The van der Waals surface area contributed by atoms with Crippen LogP contribution < -0.4 is 14.8 Å². The van der Waals surface area contributed by atoms with E-state index in [2.05, 4.69) is 5.32 Å². The van der Waals surface area contributed by atoms with Gasteiger partial charge in [-0.2, -0.15) is 0 Å². The second kappa shape index (κ2) is 9.97. The van der Waals surface area contributed by atoms with Crippen LogP contribution in [0.1, 0.15) is 42.7 Å². The number of allylic oxidation sites excluding steroid dienone is 3. The van der Waals surface area contributed by atoms with Gasteiger partial charge in [0.05, 0.1) is 26.9 Å². The van der Waals surface area contributed by atoms with Gasteiger partial charge in [0.1, 0.15) is 0 Å². The van der Waals surface area contributed by atoms with E-state index in [4.69, 9.17) is 14.2 Å². The molecule has 4 rings (SSSR count). The van der Waals surface area contributed by atoms with E-state index in [1.165, 1.54) is 7.11 Å². The summed E-state index contributed by atoms with van der Waals surface area (Å²) in [4.78, 5) is 27.5. The number of carbonyl (C=O) groups is 2. The average Bonchev–Trinajstić information content (AvgIpc) is 2.86. The zero-order chi connectivity index (χ0) is 24.4. The maximum Gasteiger partial charge on any atom is 0.336 e. The van der Waals surface area contributed by atoms with Gasteiger partial charge in [-0.3, -0.25) is 4.79 Å². The van der Waals surface area contributed by atoms with E-state index < -0.39 is 11.9 Å². The molecule has 0 fully saturated rings. The smallest absolute Gasteiger partial charge is 0.336 e. The topological polar surface area (TPSA) is 73.9 Å². The summed E-state index contributed by atoms with van der Waals surface area (Å²) in [5, 5.41) is 3.36. The van der Waals surface area contributed by atoms with Gasteiger partial charge in [-0.15, -0.1) is 11.8 Å². The van der Waals surface area contributed by atoms with Crippen molar-refractivity contribution in [1.82, 2.24) is 5.32 Å². The first-order valence-electron chi connectivity index (χ1n) is 11.1. The van der Waals surface area contributed by atoms with E-state index in [1.54, 1.807) is 26.0 Å². The molecule has 0 radical (unpaired) electrons. The molecule has 2 aromatic carbocycles. The monoisotopic (exact) mass is 479 g/mol. The largest absolute Gasteiger partial charge is 0.493 e. The van der Waals surface area contributed by atoms with Gasteiger partial charge < -0.3 is 19.5 Å². The van der Waals surface area contributed by atoms with E-state index in [-0.39, 0.29) is 11.7 Å². The number of methoxy groups -OCH3 is 3. The highest BCUT2D eigenvalue weighted by Crippen LogP contribution is 2.46. The molecule has 1 heterocycles. The minimum Gasteiger partial charge on any atom is -0.493 e. The Morgan fingerprint density at radius 2 is 1.65 bits per heavy atom. The van der Waals surface area contributed by atoms with Crippen LogP contribution in [0.5, 0.6) is 11.5 Å². The Morgan fingerprint density at radius 3 is 2.26 bits per heavy atom. The van der Waals surface area contributed by atoms with Crippen LogP contribution in [0.25, 0.3) is 0 Å². The number of esters is 1. The number of nitrogens with one attached hydrogen (secondary N) is 1. The lowest BCUT2D eigenvalue weighted by Gasteiger charge is -2.36. The number of hydrogen-bond acceptors (Lipinski definition) is 7. The molecule has 0 bridgehead atoms. The van der Waals surface area contributed by atoms with Gasteiger partial charge in [0, 0.05) is 34.2 Å². The molecule has 2 aliphatic rings. The predicted molar refractivity (Wildman–Crippen MR) is 132 cm³/mol. The van der Waals surface area contributed by atoms with Crippen molar-refractivity contribution in [2.24, 2.45) is 0 Å². The van der Waals surface area contributed by atoms with E-state index in [0.29, 0.717) is 41.2 Å². The van der Waals surface area contributed by atoms with E-state index in [1.807, 2.05) is 55.6 Å². The summed E-state index contributed by atoms with van der Waals surface area (Å²) in [7, 11) is 4.58. The number of hydrogen-bond donors (Lipinski definition) is 1. The fourth-order valence-electron chi connectivity index (χ4n) is 4.89. The average molecular weight is 480 g/mol. The standard InChI is InChI=1S/C27H29NO5S/c1-15-24(27(30)33-4)25(16-6-9-19(34-5)10-7-16)26-20(28-15)12-18(13-21(26)29)17-8-11-22(31-2)23(14-17)32-3/h6-11,14,18,25,28H,12-13H2,1-5H3. The normalized spacial score (nSPS) is 20.0. The lowest BCUT2D eigenvalue weighted by Crippen LogP contribution is -2.36.